The van der Waals surface area contributed by atoms with E-state index < -0.39 is 12.0 Å². The van der Waals surface area contributed by atoms with Crippen molar-refractivity contribution in [1.82, 2.24) is 0 Å². The lowest BCUT2D eigenvalue weighted by Crippen LogP contribution is -2.27. The lowest BCUT2D eigenvalue weighted by atomic mass is 10.1. The van der Waals surface area contributed by atoms with Crippen LogP contribution in [0.1, 0.15) is 103 Å². The van der Waals surface area contributed by atoms with Gasteiger partial charge in [-0.3, -0.25) is 4.79 Å². The molecule has 23 heavy (non-hydrogen) atoms. The number of aliphatic hydroxyl groups excluding tert-OH is 1. The molecule has 1 amide bonds. The predicted octanol–water partition coefficient (Wildman–Crippen LogP) is 5.26. The third kappa shape index (κ3) is 17.4. The summed E-state index contributed by atoms with van der Waals surface area (Å²) in [6, 6.07) is 0. The third-order valence-electron chi connectivity index (χ3n) is 4.32. The van der Waals surface area contributed by atoms with Crippen LogP contribution in [-0.2, 0) is 4.79 Å². The molecule has 0 aromatic heterocycles. The highest BCUT2D eigenvalue weighted by molar-refractivity contribution is 5.78. The summed E-state index contributed by atoms with van der Waals surface area (Å²) in [5.41, 5.74) is 5.01. The summed E-state index contributed by atoms with van der Waals surface area (Å²) in [5, 5.41) is 9.26. The number of nitrogens with two attached hydrogens (primary N) is 1. The number of hydrogen-bond donors (Lipinski definition) is 2. The number of amides is 1. The molecule has 0 heterocycles. The summed E-state index contributed by atoms with van der Waals surface area (Å²) in [5.74, 6) is -0.599. The zero-order chi connectivity index (χ0) is 17.2. The molecule has 0 aromatic rings. The number of allylic oxidation sites excluding steroid dienone is 2. The van der Waals surface area contributed by atoms with Gasteiger partial charge in [0.15, 0.2) is 0 Å². The Bertz CT molecular complexity index is 289. The third-order valence-corrected chi connectivity index (χ3v) is 4.32. The molecule has 3 nitrogen and oxygen atoms in total. The number of carbonyl (C=O) groups excluding carboxylic acids is 1. The van der Waals surface area contributed by atoms with Crippen molar-refractivity contribution < 1.29 is 9.90 Å². The molecular formula is C20H39NO2. The van der Waals surface area contributed by atoms with E-state index in [2.05, 4.69) is 19.1 Å². The Labute approximate surface area is 143 Å². The Balaban J connectivity index is 3.15. The molecule has 0 saturated heterocycles. The topological polar surface area (TPSA) is 63.3 Å². The van der Waals surface area contributed by atoms with Crippen LogP contribution in [-0.4, -0.2) is 17.1 Å². The minimum atomic E-state index is -0.952. The zero-order valence-electron chi connectivity index (χ0n) is 15.3. The molecule has 0 aliphatic carbocycles. The van der Waals surface area contributed by atoms with Crippen molar-refractivity contribution in [2.75, 3.05) is 0 Å². The molecule has 136 valence electrons. The predicted molar refractivity (Wildman–Crippen MR) is 99.3 cm³/mol. The van der Waals surface area contributed by atoms with Gasteiger partial charge in [0.1, 0.15) is 6.10 Å². The number of aliphatic hydroxyl groups is 1. The molecule has 0 fully saturated rings. The maximum absolute atomic E-state index is 10.7. The van der Waals surface area contributed by atoms with Gasteiger partial charge < -0.3 is 10.8 Å². The van der Waals surface area contributed by atoms with E-state index in [0.29, 0.717) is 6.42 Å². The molecule has 0 radical (unpaired) electrons. The number of primary amides is 1. The van der Waals surface area contributed by atoms with Gasteiger partial charge in [-0.25, -0.2) is 0 Å². The van der Waals surface area contributed by atoms with Crippen molar-refractivity contribution in [3.63, 3.8) is 0 Å². The second-order valence-electron chi connectivity index (χ2n) is 6.64. The summed E-state index contributed by atoms with van der Waals surface area (Å²) in [7, 11) is 0. The van der Waals surface area contributed by atoms with E-state index in [4.69, 9.17) is 5.73 Å². The van der Waals surface area contributed by atoms with Crippen LogP contribution in [0.4, 0.5) is 0 Å². The van der Waals surface area contributed by atoms with Gasteiger partial charge in [0.05, 0.1) is 0 Å². The molecule has 0 rings (SSSR count). The van der Waals surface area contributed by atoms with E-state index in [-0.39, 0.29) is 0 Å². The number of unbranched alkanes of at least 4 members (excludes halogenated alkanes) is 12. The number of hydrogen-bond acceptors (Lipinski definition) is 2. The van der Waals surface area contributed by atoms with E-state index in [0.717, 1.165) is 12.8 Å². The smallest absolute Gasteiger partial charge is 0.246 e. The van der Waals surface area contributed by atoms with Crippen LogP contribution in [0.3, 0.4) is 0 Å². The Kier molecular flexibility index (Phi) is 16.9. The highest BCUT2D eigenvalue weighted by Crippen LogP contribution is 2.11. The first kappa shape index (κ1) is 22.2. The first-order chi connectivity index (χ1) is 11.2. The van der Waals surface area contributed by atoms with Crippen LogP contribution in [0.15, 0.2) is 12.2 Å². The molecule has 3 heteroatoms. The monoisotopic (exact) mass is 325 g/mol. The van der Waals surface area contributed by atoms with Crippen LogP contribution in [0, 0.1) is 0 Å². The Morgan fingerprint density at radius 3 is 1.74 bits per heavy atom. The van der Waals surface area contributed by atoms with Gasteiger partial charge in [0.25, 0.3) is 0 Å². The minimum Gasteiger partial charge on any atom is -0.383 e. The van der Waals surface area contributed by atoms with Gasteiger partial charge in [-0.05, 0) is 32.1 Å². The second kappa shape index (κ2) is 17.5. The van der Waals surface area contributed by atoms with Gasteiger partial charge >= 0.3 is 0 Å². The summed E-state index contributed by atoms with van der Waals surface area (Å²) >= 11 is 0. The number of rotatable bonds is 17. The lowest BCUT2D eigenvalue weighted by Gasteiger charge is -2.05. The standard InChI is InChI=1S/C20H39NO2/c1-2-3-4-5-6-7-8-9-10-11-12-13-14-15-16-17-18-19(22)20(21)23/h9-10,19,22H,2-8,11-18H2,1H3,(H2,21,23). The van der Waals surface area contributed by atoms with Crippen molar-refractivity contribution in [2.24, 2.45) is 5.73 Å². The largest absolute Gasteiger partial charge is 0.383 e. The van der Waals surface area contributed by atoms with E-state index in [1.54, 1.807) is 0 Å². The van der Waals surface area contributed by atoms with E-state index >= 15 is 0 Å². The van der Waals surface area contributed by atoms with E-state index in [1.807, 2.05) is 0 Å². The summed E-state index contributed by atoms with van der Waals surface area (Å²) in [4.78, 5) is 10.7. The van der Waals surface area contributed by atoms with Gasteiger partial charge in [-0.1, -0.05) is 83.3 Å². The average Bonchev–Trinajstić information content (AvgIpc) is 2.54. The summed E-state index contributed by atoms with van der Waals surface area (Å²) in [6.45, 7) is 2.26. The fraction of sp³-hybridized carbons (Fsp3) is 0.850. The summed E-state index contributed by atoms with van der Waals surface area (Å²) < 4.78 is 0. The molecule has 0 saturated carbocycles. The molecule has 0 aliphatic heterocycles. The van der Waals surface area contributed by atoms with Crippen molar-refractivity contribution in [2.45, 2.75) is 109 Å². The molecule has 0 aromatic carbocycles. The fourth-order valence-electron chi connectivity index (χ4n) is 2.73. The van der Waals surface area contributed by atoms with Crippen molar-refractivity contribution in [1.29, 1.82) is 0 Å². The lowest BCUT2D eigenvalue weighted by molar-refractivity contribution is -0.126. The zero-order valence-corrected chi connectivity index (χ0v) is 15.3. The van der Waals surface area contributed by atoms with Crippen molar-refractivity contribution in [3.05, 3.63) is 12.2 Å². The molecule has 0 bridgehead atoms. The number of carbonyl (C=O) groups is 1. The molecule has 3 N–H and O–H groups in total. The molecule has 0 spiro atoms. The van der Waals surface area contributed by atoms with Crippen molar-refractivity contribution >= 4 is 5.91 Å². The SMILES string of the molecule is CCCCCCCCC=CCCCCCCCCC(O)C(N)=O. The Morgan fingerprint density at radius 1 is 0.826 bits per heavy atom. The Morgan fingerprint density at radius 2 is 1.26 bits per heavy atom. The molecule has 1 unspecified atom stereocenters. The average molecular weight is 326 g/mol. The maximum Gasteiger partial charge on any atom is 0.246 e. The van der Waals surface area contributed by atoms with Crippen LogP contribution in [0.2, 0.25) is 0 Å². The van der Waals surface area contributed by atoms with E-state index in [9.17, 15) is 9.90 Å². The quantitative estimate of drug-likeness (QED) is 0.283. The van der Waals surface area contributed by atoms with Crippen LogP contribution in [0.5, 0.6) is 0 Å². The van der Waals surface area contributed by atoms with E-state index in [1.165, 1.54) is 77.0 Å². The second-order valence-corrected chi connectivity index (χ2v) is 6.64. The van der Waals surface area contributed by atoms with Crippen molar-refractivity contribution in [3.8, 4) is 0 Å². The molecular weight excluding hydrogens is 286 g/mol. The fourth-order valence-corrected chi connectivity index (χ4v) is 2.73. The minimum absolute atomic E-state index is 0.510. The maximum atomic E-state index is 10.7. The van der Waals surface area contributed by atoms with Gasteiger partial charge in [0.2, 0.25) is 5.91 Å². The first-order valence-electron chi connectivity index (χ1n) is 9.80. The normalized spacial score (nSPS) is 12.8. The van der Waals surface area contributed by atoms with Crippen LogP contribution in [0.25, 0.3) is 0 Å². The summed E-state index contributed by atoms with van der Waals surface area (Å²) in [6.07, 6.45) is 21.9. The van der Waals surface area contributed by atoms with Gasteiger partial charge in [-0.15, -0.1) is 0 Å². The van der Waals surface area contributed by atoms with Gasteiger partial charge in [0, 0.05) is 0 Å². The molecule has 0 aliphatic rings. The highest BCUT2D eigenvalue weighted by Gasteiger charge is 2.08. The van der Waals surface area contributed by atoms with Crippen LogP contribution < -0.4 is 5.73 Å². The first-order valence-corrected chi connectivity index (χ1v) is 9.80. The van der Waals surface area contributed by atoms with Gasteiger partial charge in [-0.2, -0.15) is 0 Å². The highest BCUT2D eigenvalue weighted by atomic mass is 16.3. The Hall–Kier alpha value is -0.830. The van der Waals surface area contributed by atoms with Crippen LogP contribution >= 0.6 is 0 Å². The molecule has 1 atom stereocenters.